The highest BCUT2D eigenvalue weighted by Crippen LogP contribution is 1.93. The summed E-state index contributed by atoms with van der Waals surface area (Å²) in [7, 11) is 4.24. The van der Waals surface area contributed by atoms with E-state index in [-0.39, 0.29) is 0 Å². The van der Waals surface area contributed by atoms with Gasteiger partial charge in [-0.15, -0.1) is 0 Å². The van der Waals surface area contributed by atoms with Crippen molar-refractivity contribution in [3.8, 4) is 0 Å². The Morgan fingerprint density at radius 1 is 1.20 bits per heavy atom. The molecule has 0 atom stereocenters. The van der Waals surface area contributed by atoms with Crippen LogP contribution in [0.15, 0.2) is 0 Å². The Bertz CT molecular complexity index is 50.9. The Kier molecular flexibility index (Phi) is 15.8. The minimum atomic E-state index is 1.24. The summed E-state index contributed by atoms with van der Waals surface area (Å²) in [6.07, 6.45) is 4.05. The minimum Gasteiger partial charge on any atom is -0.324 e. The molecule has 0 saturated heterocycles. The van der Waals surface area contributed by atoms with E-state index in [4.69, 9.17) is 4.20 Å². The predicted molar refractivity (Wildman–Crippen MR) is 49.2 cm³/mol. The lowest BCUT2D eigenvalue weighted by Crippen LogP contribution is -2.12. The number of halogens is 1. The van der Waals surface area contributed by atoms with Crippen LogP contribution in [0, 0.1) is 0 Å². The Balaban J connectivity index is 0. The van der Waals surface area contributed by atoms with Gasteiger partial charge in [0.05, 0.1) is 16.3 Å². The lowest BCUT2D eigenvalue weighted by Gasteiger charge is -2.06. The Morgan fingerprint density at radius 2 is 1.70 bits per heavy atom. The molecule has 0 aromatic carbocycles. The lowest BCUT2D eigenvalue weighted by atomic mass is 10.2. The van der Waals surface area contributed by atoms with E-state index in [1.165, 1.54) is 25.8 Å². The molecule has 64 valence electrons. The normalized spacial score (nSPS) is 9.00. The van der Waals surface area contributed by atoms with Crippen molar-refractivity contribution in [3.63, 3.8) is 0 Å². The molecule has 2 nitrogen and oxygen atoms in total. The molecule has 0 aromatic rings. The zero-order chi connectivity index (χ0) is 8.41. The van der Waals surface area contributed by atoms with Crippen molar-refractivity contribution in [2.75, 3.05) is 20.6 Å². The van der Waals surface area contributed by atoms with Crippen molar-refractivity contribution in [3.05, 3.63) is 0 Å². The molecule has 0 spiro atoms. The third-order valence-corrected chi connectivity index (χ3v) is 1.21. The maximum Gasteiger partial charge on any atom is 0.0957 e. The van der Waals surface area contributed by atoms with E-state index in [1.54, 1.807) is 0 Å². The second-order valence-electron chi connectivity index (χ2n) is 2.51. The summed E-state index contributed by atoms with van der Waals surface area (Å²) >= 11 is 1.94. The summed E-state index contributed by atoms with van der Waals surface area (Å²) in [6, 6.07) is 0. The third kappa shape index (κ3) is 15.8. The summed E-state index contributed by atoms with van der Waals surface area (Å²) < 4.78 is 6.81. The van der Waals surface area contributed by atoms with Crippen LogP contribution in [0.25, 0.3) is 0 Å². The first-order valence-corrected chi connectivity index (χ1v) is 4.30. The van der Waals surface area contributed by atoms with Crippen LogP contribution in [0.5, 0.6) is 0 Å². The molecule has 0 rings (SSSR count). The predicted octanol–water partition coefficient (Wildman–Crippen LogP) is 2.03. The van der Waals surface area contributed by atoms with Crippen molar-refractivity contribution in [2.24, 2.45) is 0 Å². The van der Waals surface area contributed by atoms with Crippen LogP contribution in [-0.2, 0) is 0 Å². The standard InChI is InChI=1S/C7H17N.BrHO/c1-4-5-6-7-8(2)3;1-2/h4-7H2,1-3H3;2H. The van der Waals surface area contributed by atoms with Gasteiger partial charge in [-0.3, -0.25) is 0 Å². The monoisotopic (exact) mass is 211 g/mol. The second kappa shape index (κ2) is 12.1. The maximum absolute atomic E-state index is 6.81. The van der Waals surface area contributed by atoms with Crippen LogP contribution < -0.4 is 0 Å². The first-order valence-electron chi connectivity index (χ1n) is 3.59. The number of unbranched alkanes of at least 4 members (excludes halogenated alkanes) is 2. The van der Waals surface area contributed by atoms with Gasteiger partial charge in [-0.2, -0.15) is 0 Å². The molecule has 3 heteroatoms. The fourth-order valence-electron chi connectivity index (χ4n) is 0.678. The zero-order valence-corrected chi connectivity index (χ0v) is 8.69. The third-order valence-electron chi connectivity index (χ3n) is 1.21. The number of rotatable bonds is 4. The van der Waals surface area contributed by atoms with Gasteiger partial charge in [-0.1, -0.05) is 19.8 Å². The summed E-state index contributed by atoms with van der Waals surface area (Å²) in [6.45, 7) is 3.48. The molecule has 0 fully saturated rings. The van der Waals surface area contributed by atoms with Gasteiger partial charge in [0.2, 0.25) is 0 Å². The van der Waals surface area contributed by atoms with Crippen molar-refractivity contribution >= 4 is 16.3 Å². The molecule has 0 aromatic heterocycles. The molecule has 0 unspecified atom stereocenters. The molecule has 0 bridgehead atoms. The van der Waals surface area contributed by atoms with E-state index in [1.807, 2.05) is 16.3 Å². The Hall–Kier alpha value is 0.400. The maximum atomic E-state index is 6.81. The molecule has 0 amide bonds. The number of hydrogen-bond donors (Lipinski definition) is 1. The fraction of sp³-hybridized carbons (Fsp3) is 1.00. The van der Waals surface area contributed by atoms with Gasteiger partial charge in [0.1, 0.15) is 0 Å². The molecule has 0 saturated carbocycles. The highest BCUT2D eigenvalue weighted by Gasteiger charge is 1.86. The molecule has 0 radical (unpaired) electrons. The van der Waals surface area contributed by atoms with Gasteiger partial charge in [0.25, 0.3) is 0 Å². The molecular weight excluding hydrogens is 194 g/mol. The zero-order valence-electron chi connectivity index (χ0n) is 7.10. The van der Waals surface area contributed by atoms with Crippen molar-refractivity contribution < 1.29 is 4.20 Å². The lowest BCUT2D eigenvalue weighted by molar-refractivity contribution is 0.393. The van der Waals surface area contributed by atoms with Gasteiger partial charge >= 0.3 is 0 Å². The van der Waals surface area contributed by atoms with Crippen LogP contribution in [0.1, 0.15) is 26.2 Å². The van der Waals surface area contributed by atoms with Crippen molar-refractivity contribution in [1.29, 1.82) is 0 Å². The second-order valence-corrected chi connectivity index (χ2v) is 2.51. The van der Waals surface area contributed by atoms with Gasteiger partial charge in [0, 0.05) is 0 Å². The summed E-state index contributed by atoms with van der Waals surface area (Å²) in [5.74, 6) is 0. The van der Waals surface area contributed by atoms with E-state index < -0.39 is 0 Å². The van der Waals surface area contributed by atoms with E-state index >= 15 is 0 Å². The molecule has 1 N–H and O–H groups in total. The van der Waals surface area contributed by atoms with Gasteiger partial charge in [-0.05, 0) is 27.1 Å². The Morgan fingerprint density at radius 3 is 2.00 bits per heavy atom. The summed E-state index contributed by atoms with van der Waals surface area (Å²) in [4.78, 5) is 2.23. The molecular formula is C7H18BrNO. The smallest absolute Gasteiger partial charge is 0.0957 e. The first-order chi connectivity index (χ1) is 4.77. The van der Waals surface area contributed by atoms with E-state index in [2.05, 4.69) is 25.9 Å². The molecule has 0 aliphatic carbocycles. The summed E-state index contributed by atoms with van der Waals surface area (Å²) in [5.41, 5.74) is 0. The van der Waals surface area contributed by atoms with Crippen LogP contribution in [-0.4, -0.2) is 29.7 Å². The average Bonchev–Trinajstić information content (AvgIpc) is 1.92. The highest BCUT2D eigenvalue weighted by molar-refractivity contribution is 9.05. The Labute approximate surface area is 72.7 Å². The fourth-order valence-corrected chi connectivity index (χ4v) is 0.678. The van der Waals surface area contributed by atoms with Gasteiger partial charge in [-0.25, -0.2) is 0 Å². The topological polar surface area (TPSA) is 23.5 Å². The first kappa shape index (κ1) is 13.0. The van der Waals surface area contributed by atoms with Gasteiger partial charge < -0.3 is 9.10 Å². The van der Waals surface area contributed by atoms with E-state index in [0.29, 0.717) is 0 Å². The van der Waals surface area contributed by atoms with E-state index in [0.717, 1.165) is 0 Å². The average molecular weight is 212 g/mol. The SMILES string of the molecule is CCCCCN(C)C.OBr. The van der Waals surface area contributed by atoms with Crippen molar-refractivity contribution in [1.82, 2.24) is 4.90 Å². The van der Waals surface area contributed by atoms with Crippen LogP contribution in [0.2, 0.25) is 0 Å². The van der Waals surface area contributed by atoms with Crippen LogP contribution >= 0.6 is 16.3 Å². The molecule has 10 heavy (non-hydrogen) atoms. The minimum absolute atomic E-state index is 1.24. The van der Waals surface area contributed by atoms with Crippen LogP contribution in [0.4, 0.5) is 0 Å². The van der Waals surface area contributed by atoms with E-state index in [9.17, 15) is 0 Å². The quantitative estimate of drug-likeness (QED) is 0.720. The number of nitrogens with zero attached hydrogens (tertiary/aromatic N) is 1. The number of hydrogen-bond acceptors (Lipinski definition) is 2. The van der Waals surface area contributed by atoms with Crippen LogP contribution in [0.3, 0.4) is 0 Å². The molecule has 0 aliphatic heterocycles. The molecule has 0 heterocycles. The molecule has 0 aliphatic rings. The summed E-state index contributed by atoms with van der Waals surface area (Å²) in [5, 5.41) is 0. The largest absolute Gasteiger partial charge is 0.324 e. The van der Waals surface area contributed by atoms with Gasteiger partial charge in [0.15, 0.2) is 0 Å². The highest BCUT2D eigenvalue weighted by atomic mass is 79.9. The van der Waals surface area contributed by atoms with Crippen molar-refractivity contribution in [2.45, 2.75) is 26.2 Å².